The maximum Gasteiger partial charge on any atom is 0.335 e. The second kappa shape index (κ2) is 7.56. The van der Waals surface area contributed by atoms with Crippen LogP contribution in [0.4, 0.5) is 5.69 Å². The van der Waals surface area contributed by atoms with E-state index in [1.165, 1.54) is 6.92 Å². The number of rotatable bonds is 4. The van der Waals surface area contributed by atoms with E-state index < -0.39 is 5.97 Å². The third-order valence-corrected chi connectivity index (χ3v) is 4.64. The van der Waals surface area contributed by atoms with E-state index in [4.69, 9.17) is 0 Å². The Balaban J connectivity index is 1.84. The van der Waals surface area contributed by atoms with Gasteiger partial charge in [0, 0.05) is 24.2 Å². The van der Waals surface area contributed by atoms with Gasteiger partial charge < -0.3 is 10.4 Å². The van der Waals surface area contributed by atoms with Crippen LogP contribution >= 0.6 is 0 Å². The van der Waals surface area contributed by atoms with Crippen molar-refractivity contribution >= 4 is 28.5 Å². The van der Waals surface area contributed by atoms with Crippen LogP contribution in [0.15, 0.2) is 79.0 Å². The molecule has 0 atom stereocenters. The molecule has 0 aliphatic carbocycles. The van der Waals surface area contributed by atoms with Crippen LogP contribution in [0.5, 0.6) is 0 Å². The molecule has 0 fully saturated rings. The molecule has 1 amide bonds. The SMILES string of the molecule is CC(=O)Nc1cccc(-c2cc(C(=O)O)cc(-c3ccc4cccnc4c3)c2)c1. The molecule has 3 aromatic carbocycles. The molecular formula is C24H18N2O3. The third kappa shape index (κ3) is 3.99. The number of carboxylic acid groups (broad SMARTS) is 1. The molecule has 0 radical (unpaired) electrons. The number of hydrogen-bond donors (Lipinski definition) is 2. The van der Waals surface area contributed by atoms with Crippen molar-refractivity contribution in [1.29, 1.82) is 0 Å². The highest BCUT2D eigenvalue weighted by Gasteiger charge is 2.11. The summed E-state index contributed by atoms with van der Waals surface area (Å²) in [5.74, 6) is -1.16. The molecule has 0 saturated carbocycles. The van der Waals surface area contributed by atoms with Crippen molar-refractivity contribution < 1.29 is 14.7 Å². The van der Waals surface area contributed by atoms with Gasteiger partial charge in [-0.15, -0.1) is 0 Å². The smallest absolute Gasteiger partial charge is 0.335 e. The standard InChI is InChI=1S/C24H18N2O3/c1-15(27)26-22-6-2-4-17(13-22)19-10-20(12-21(11-19)24(28)29)18-8-7-16-5-3-9-25-23(16)14-18/h2-14H,1H3,(H,26,27)(H,28,29). The van der Waals surface area contributed by atoms with Crippen LogP contribution in [0.2, 0.25) is 0 Å². The van der Waals surface area contributed by atoms with Crippen LogP contribution in [-0.2, 0) is 4.79 Å². The fourth-order valence-corrected chi connectivity index (χ4v) is 3.31. The average Bonchev–Trinajstić information content (AvgIpc) is 2.72. The number of carbonyl (C=O) groups is 2. The van der Waals surface area contributed by atoms with Crippen LogP contribution in [0.25, 0.3) is 33.2 Å². The number of aromatic nitrogens is 1. The molecule has 4 rings (SSSR count). The second-order valence-corrected chi connectivity index (χ2v) is 6.78. The Morgan fingerprint density at radius 3 is 2.31 bits per heavy atom. The summed E-state index contributed by atoms with van der Waals surface area (Å²) in [4.78, 5) is 27.5. The van der Waals surface area contributed by atoms with Crippen molar-refractivity contribution in [3.8, 4) is 22.3 Å². The van der Waals surface area contributed by atoms with Gasteiger partial charge in [-0.05, 0) is 64.7 Å². The predicted molar refractivity (Wildman–Crippen MR) is 114 cm³/mol. The lowest BCUT2D eigenvalue weighted by Gasteiger charge is -2.11. The Kier molecular flexibility index (Phi) is 4.79. The molecule has 4 aromatic rings. The quantitative estimate of drug-likeness (QED) is 0.507. The number of fused-ring (bicyclic) bond motifs is 1. The number of nitrogens with one attached hydrogen (secondary N) is 1. The number of pyridine rings is 1. The summed E-state index contributed by atoms with van der Waals surface area (Å²) in [5.41, 5.74) is 4.96. The minimum atomic E-state index is -0.995. The summed E-state index contributed by atoms with van der Waals surface area (Å²) in [6.45, 7) is 1.45. The highest BCUT2D eigenvalue weighted by atomic mass is 16.4. The molecule has 5 nitrogen and oxygen atoms in total. The van der Waals surface area contributed by atoms with Crippen molar-refractivity contribution in [2.75, 3.05) is 5.32 Å². The Bertz CT molecular complexity index is 1250. The number of hydrogen-bond acceptors (Lipinski definition) is 3. The molecule has 0 spiro atoms. The molecule has 0 aliphatic rings. The summed E-state index contributed by atoms with van der Waals surface area (Å²) in [6, 6.07) is 22.3. The lowest BCUT2D eigenvalue weighted by molar-refractivity contribution is -0.114. The zero-order valence-corrected chi connectivity index (χ0v) is 15.7. The van der Waals surface area contributed by atoms with Crippen molar-refractivity contribution in [2.45, 2.75) is 6.92 Å². The number of aromatic carboxylic acids is 1. The summed E-state index contributed by atoms with van der Waals surface area (Å²) >= 11 is 0. The highest BCUT2D eigenvalue weighted by molar-refractivity contribution is 5.94. The molecule has 0 aliphatic heterocycles. The van der Waals surface area contributed by atoms with Gasteiger partial charge >= 0.3 is 5.97 Å². The molecule has 0 bridgehead atoms. The summed E-state index contributed by atoms with van der Waals surface area (Å²) < 4.78 is 0. The summed E-state index contributed by atoms with van der Waals surface area (Å²) in [5, 5.41) is 13.4. The Hall–Kier alpha value is -3.99. The van der Waals surface area contributed by atoms with E-state index >= 15 is 0 Å². The van der Waals surface area contributed by atoms with E-state index in [1.807, 2.05) is 54.6 Å². The number of benzene rings is 3. The van der Waals surface area contributed by atoms with Crippen molar-refractivity contribution in [1.82, 2.24) is 4.98 Å². The first kappa shape index (κ1) is 18.4. The maximum absolute atomic E-state index is 11.7. The van der Waals surface area contributed by atoms with E-state index in [9.17, 15) is 14.7 Å². The van der Waals surface area contributed by atoms with E-state index in [0.29, 0.717) is 5.69 Å². The minimum Gasteiger partial charge on any atom is -0.478 e. The van der Waals surface area contributed by atoms with Gasteiger partial charge in [-0.1, -0.05) is 30.3 Å². The van der Waals surface area contributed by atoms with Gasteiger partial charge in [-0.25, -0.2) is 4.79 Å². The van der Waals surface area contributed by atoms with Gasteiger partial charge in [0.1, 0.15) is 0 Å². The Morgan fingerprint density at radius 1 is 0.828 bits per heavy atom. The zero-order chi connectivity index (χ0) is 20.4. The van der Waals surface area contributed by atoms with Crippen LogP contribution in [0.3, 0.4) is 0 Å². The number of carboxylic acids is 1. The fraction of sp³-hybridized carbons (Fsp3) is 0.0417. The minimum absolute atomic E-state index is 0.161. The largest absolute Gasteiger partial charge is 0.478 e. The van der Waals surface area contributed by atoms with Crippen molar-refractivity contribution in [2.24, 2.45) is 0 Å². The average molecular weight is 382 g/mol. The first-order chi connectivity index (χ1) is 14.0. The van der Waals surface area contributed by atoms with Gasteiger partial charge in [0.25, 0.3) is 0 Å². The summed E-state index contributed by atoms with van der Waals surface area (Å²) in [7, 11) is 0. The monoisotopic (exact) mass is 382 g/mol. The Labute approximate surface area is 167 Å². The topological polar surface area (TPSA) is 79.3 Å². The van der Waals surface area contributed by atoms with Crippen LogP contribution in [0, 0.1) is 0 Å². The van der Waals surface area contributed by atoms with E-state index in [2.05, 4.69) is 10.3 Å². The van der Waals surface area contributed by atoms with Gasteiger partial charge in [0.2, 0.25) is 5.91 Å². The van der Waals surface area contributed by atoms with Gasteiger partial charge in [-0.3, -0.25) is 9.78 Å². The molecule has 1 aromatic heterocycles. The maximum atomic E-state index is 11.7. The first-order valence-electron chi connectivity index (χ1n) is 9.11. The molecule has 29 heavy (non-hydrogen) atoms. The molecule has 142 valence electrons. The Morgan fingerprint density at radius 2 is 1.59 bits per heavy atom. The van der Waals surface area contributed by atoms with Crippen molar-refractivity contribution in [3.63, 3.8) is 0 Å². The number of anilines is 1. The second-order valence-electron chi connectivity index (χ2n) is 6.78. The van der Waals surface area contributed by atoms with Crippen LogP contribution in [0.1, 0.15) is 17.3 Å². The van der Waals surface area contributed by atoms with E-state index in [0.717, 1.165) is 33.2 Å². The molecule has 1 heterocycles. The number of carbonyl (C=O) groups excluding carboxylic acids is 1. The lowest BCUT2D eigenvalue weighted by Crippen LogP contribution is -2.05. The van der Waals surface area contributed by atoms with E-state index in [1.54, 1.807) is 24.4 Å². The van der Waals surface area contributed by atoms with Crippen molar-refractivity contribution in [3.05, 3.63) is 84.6 Å². The molecule has 5 heteroatoms. The summed E-state index contributed by atoms with van der Waals surface area (Å²) in [6.07, 6.45) is 1.73. The zero-order valence-electron chi connectivity index (χ0n) is 15.7. The predicted octanol–water partition coefficient (Wildman–Crippen LogP) is 5.23. The highest BCUT2D eigenvalue weighted by Crippen LogP contribution is 2.31. The number of nitrogens with zero attached hydrogens (tertiary/aromatic N) is 1. The lowest BCUT2D eigenvalue weighted by atomic mass is 9.95. The van der Waals surface area contributed by atoms with Gasteiger partial charge in [0.15, 0.2) is 0 Å². The first-order valence-corrected chi connectivity index (χ1v) is 9.11. The molecule has 0 saturated heterocycles. The third-order valence-electron chi connectivity index (χ3n) is 4.64. The van der Waals surface area contributed by atoms with E-state index in [-0.39, 0.29) is 11.5 Å². The molecule has 0 unspecified atom stereocenters. The normalized spacial score (nSPS) is 10.7. The molecule has 2 N–H and O–H groups in total. The van der Waals surface area contributed by atoms with Gasteiger partial charge in [0.05, 0.1) is 11.1 Å². The van der Waals surface area contributed by atoms with Crippen LogP contribution < -0.4 is 5.32 Å². The number of amides is 1. The fourth-order valence-electron chi connectivity index (χ4n) is 3.31. The van der Waals surface area contributed by atoms with Crippen LogP contribution in [-0.4, -0.2) is 22.0 Å². The van der Waals surface area contributed by atoms with Gasteiger partial charge in [-0.2, -0.15) is 0 Å². The molecular weight excluding hydrogens is 364 g/mol.